The first-order valence-corrected chi connectivity index (χ1v) is 12.8. The maximum absolute atomic E-state index is 12.8. The zero-order chi connectivity index (χ0) is 21.7. The van der Waals surface area contributed by atoms with E-state index < -0.39 is 56.6 Å². The molecular weight excluding hydrogens is 560 g/mol. The molecule has 1 aliphatic heterocycles. The Morgan fingerprint density at radius 2 is 1.93 bits per heavy atom. The van der Waals surface area contributed by atoms with Crippen LogP contribution in [0, 0.1) is 0 Å². The van der Waals surface area contributed by atoms with Crippen molar-refractivity contribution in [3.05, 3.63) is 59.9 Å². The number of nitrogens with zero attached hydrogens (tertiary/aromatic N) is 1. The summed E-state index contributed by atoms with van der Waals surface area (Å²) in [6, 6.07) is 11.9. The van der Waals surface area contributed by atoms with Crippen molar-refractivity contribution in [2.24, 2.45) is 0 Å². The number of carbonyl (C=O) groups is 1. The van der Waals surface area contributed by atoms with E-state index in [1.165, 1.54) is 12.1 Å². The van der Waals surface area contributed by atoms with E-state index in [0.717, 1.165) is 5.56 Å². The number of hydrogen-bond donors (Lipinski definition) is 2. The Morgan fingerprint density at radius 1 is 1.23 bits per heavy atom. The average Bonchev–Trinajstić information content (AvgIpc) is 3.05. The summed E-state index contributed by atoms with van der Waals surface area (Å²) in [5, 5.41) is 13.0. The van der Waals surface area contributed by atoms with Crippen LogP contribution in [0.2, 0.25) is 0 Å². The Bertz CT molecular complexity index is 1210. The molecule has 7 nitrogen and oxygen atoms in total. The van der Waals surface area contributed by atoms with Crippen LogP contribution in [0.5, 0.6) is 0 Å². The van der Waals surface area contributed by atoms with E-state index in [0.29, 0.717) is 17.4 Å². The Labute approximate surface area is 182 Å². The summed E-state index contributed by atoms with van der Waals surface area (Å²) in [5.41, 5.74) is 0.576. The number of hydrogen-bond acceptors (Lipinski definition) is 6. The number of halogens is 4. The van der Waals surface area contributed by atoms with Crippen LogP contribution < -0.4 is 25.9 Å². The number of sulfonamides is 1. The molecule has 1 fully saturated rings. The Hall–Kier alpha value is -1.97. The molecule has 3 heterocycles. The van der Waals surface area contributed by atoms with Crippen molar-refractivity contribution in [3.8, 4) is 10.6 Å². The van der Waals surface area contributed by atoms with Gasteiger partial charge in [-0.3, -0.25) is 0 Å². The molecule has 13 heteroatoms. The predicted molar refractivity (Wildman–Crippen MR) is 94.7 cm³/mol. The molecule has 1 aromatic carbocycles. The van der Waals surface area contributed by atoms with Gasteiger partial charge in [-0.05, 0) is 0 Å². The summed E-state index contributed by atoms with van der Waals surface area (Å²) >= 11 is -0.368. The number of carboxylic acid groups (broad SMARTS) is 1. The standard InChI is InChI=1S/C17H11F3IN2O5S2/c18-17(19,20)12-8-10(22-28-12)11-6-7-13(29-11)30(26,27)23-16(15(24)25)14(21-16)9-4-2-1-3-5-9/h1-8,14,23H,(H,24,25)/q-1/t14-,16+/m1/s1. The molecule has 1 saturated heterocycles. The molecule has 0 bridgehead atoms. The van der Waals surface area contributed by atoms with Gasteiger partial charge in [0.15, 0.2) is 0 Å². The van der Waals surface area contributed by atoms with E-state index in [1.54, 1.807) is 30.3 Å². The number of rotatable bonds is 6. The molecule has 0 saturated carbocycles. The molecule has 2 N–H and O–H groups in total. The zero-order valence-corrected chi connectivity index (χ0v) is 18.3. The fraction of sp³-hybridized carbons (Fsp3) is 0.176. The summed E-state index contributed by atoms with van der Waals surface area (Å²) in [6.07, 6.45) is -4.71. The minimum atomic E-state index is -4.71. The molecule has 4 rings (SSSR count). The molecule has 3 aromatic rings. The van der Waals surface area contributed by atoms with Crippen molar-refractivity contribution in [3.63, 3.8) is 0 Å². The quantitative estimate of drug-likeness (QED) is 0.251. The summed E-state index contributed by atoms with van der Waals surface area (Å²) in [5.74, 6) is -2.55. The number of benzene rings is 1. The van der Waals surface area contributed by atoms with Crippen molar-refractivity contribution in [1.29, 1.82) is 0 Å². The first-order valence-electron chi connectivity index (χ1n) is 8.14. The van der Waals surface area contributed by atoms with Gasteiger partial charge in [-0.2, -0.15) is 0 Å². The third kappa shape index (κ3) is 3.86. The molecule has 0 amide bonds. The van der Waals surface area contributed by atoms with Crippen LogP contribution >= 0.6 is 11.3 Å². The van der Waals surface area contributed by atoms with Crippen LogP contribution in [-0.2, 0) is 21.0 Å². The molecular formula is C17H11F3IN2O5S2-. The van der Waals surface area contributed by atoms with E-state index in [1.807, 2.05) is 0 Å². The summed E-state index contributed by atoms with van der Waals surface area (Å²) in [4.78, 5) is 12.0. The minimum absolute atomic E-state index is 0.143. The zero-order valence-electron chi connectivity index (χ0n) is 14.6. The molecule has 2 aromatic heterocycles. The van der Waals surface area contributed by atoms with Gasteiger partial charge < -0.3 is 0 Å². The second kappa shape index (κ2) is 7.32. The van der Waals surface area contributed by atoms with Crippen LogP contribution in [0.3, 0.4) is 0 Å². The van der Waals surface area contributed by atoms with Gasteiger partial charge in [-0.1, -0.05) is 0 Å². The topological polar surface area (TPSA) is 110 Å². The molecule has 0 radical (unpaired) electrons. The monoisotopic (exact) mass is 571 g/mol. The van der Waals surface area contributed by atoms with Gasteiger partial charge in [0.25, 0.3) is 0 Å². The number of alkyl halides is 5. The number of aliphatic carboxylic acids is 1. The van der Waals surface area contributed by atoms with Crippen LogP contribution in [0.1, 0.15) is 15.2 Å². The Kier molecular flexibility index (Phi) is 5.19. The van der Waals surface area contributed by atoms with Crippen LogP contribution in [0.15, 0.2) is 57.3 Å². The van der Waals surface area contributed by atoms with Gasteiger partial charge in [-0.25, -0.2) is 0 Å². The van der Waals surface area contributed by atoms with Gasteiger partial charge in [0.05, 0.1) is 0 Å². The Morgan fingerprint density at radius 3 is 2.53 bits per heavy atom. The third-order valence-electron chi connectivity index (χ3n) is 4.16. The molecule has 2 atom stereocenters. The van der Waals surface area contributed by atoms with Crippen molar-refractivity contribution in [2.45, 2.75) is 17.9 Å². The number of nitrogens with one attached hydrogen (secondary N) is 1. The summed E-state index contributed by atoms with van der Waals surface area (Å²) in [7, 11) is -4.22. The van der Waals surface area contributed by atoms with Crippen molar-refractivity contribution in [1.82, 2.24) is 9.88 Å². The molecule has 30 heavy (non-hydrogen) atoms. The second-order valence-electron chi connectivity index (χ2n) is 6.20. The van der Waals surface area contributed by atoms with Gasteiger partial charge in [0, 0.05) is 0 Å². The first kappa shape index (κ1) is 21.3. The van der Waals surface area contributed by atoms with Crippen LogP contribution in [0.25, 0.3) is 10.6 Å². The van der Waals surface area contributed by atoms with Crippen molar-refractivity contribution < 1.29 is 57.2 Å². The summed E-state index contributed by atoms with van der Waals surface area (Å²) < 4.78 is 68.0. The number of aromatic nitrogens is 1. The number of carboxylic acids is 1. The van der Waals surface area contributed by atoms with Crippen molar-refractivity contribution in [2.75, 3.05) is 0 Å². The van der Waals surface area contributed by atoms with E-state index in [2.05, 4.69) is 14.4 Å². The number of thiophene rings is 1. The van der Waals surface area contributed by atoms with E-state index in [4.69, 9.17) is 0 Å². The second-order valence-corrected chi connectivity index (χ2v) is 12.8. The van der Waals surface area contributed by atoms with Gasteiger partial charge in [0.1, 0.15) is 0 Å². The maximum atomic E-state index is 12.8. The van der Waals surface area contributed by atoms with Crippen LogP contribution in [0.4, 0.5) is 13.2 Å². The molecule has 160 valence electrons. The average molecular weight is 571 g/mol. The molecule has 0 unspecified atom stereocenters. The first-order chi connectivity index (χ1) is 14.0. The molecule has 1 aliphatic rings. The fourth-order valence-corrected chi connectivity index (χ4v) is 9.30. The van der Waals surface area contributed by atoms with Gasteiger partial charge >= 0.3 is 183 Å². The van der Waals surface area contributed by atoms with E-state index >= 15 is 0 Å². The van der Waals surface area contributed by atoms with Gasteiger partial charge in [0.2, 0.25) is 0 Å². The van der Waals surface area contributed by atoms with Crippen molar-refractivity contribution >= 4 is 27.3 Å². The molecule has 0 aliphatic carbocycles. The predicted octanol–water partition coefficient (Wildman–Crippen LogP) is 0.325. The fourth-order valence-electron chi connectivity index (χ4n) is 2.70. The SMILES string of the molecule is O=C(O)[C@]1(NS(=O)(=O)c2ccc(-c3cc(C(F)(F)F)on3)s2)[I-][C@@H]1c1ccccc1. The Balaban J connectivity index is 1.59. The molecule has 0 spiro atoms. The van der Waals surface area contributed by atoms with Crippen LogP contribution in [-0.4, -0.2) is 28.2 Å². The van der Waals surface area contributed by atoms with E-state index in [-0.39, 0.29) is 14.8 Å². The summed E-state index contributed by atoms with van der Waals surface area (Å²) in [6.45, 7) is 0. The normalized spacial score (nSPS) is 21.8. The third-order valence-corrected chi connectivity index (χ3v) is 11.5. The van der Waals surface area contributed by atoms with E-state index in [9.17, 15) is 31.5 Å². The van der Waals surface area contributed by atoms with Gasteiger partial charge in [-0.15, -0.1) is 0 Å².